The minimum Gasteiger partial charge on any atom is -0.338 e. The molecule has 0 bridgehead atoms. The topological polar surface area (TPSA) is 87.3 Å². The molecule has 0 aliphatic rings. The molecule has 4 aromatic rings. The van der Waals surface area contributed by atoms with Crippen molar-refractivity contribution in [1.29, 1.82) is 0 Å². The van der Waals surface area contributed by atoms with Crippen molar-refractivity contribution in [3.63, 3.8) is 0 Å². The first-order valence-corrected chi connectivity index (χ1v) is 7.14. The molecule has 3 aromatic heterocycles. The van der Waals surface area contributed by atoms with Crippen LogP contribution in [0.5, 0.6) is 0 Å². The summed E-state index contributed by atoms with van der Waals surface area (Å²) in [5.74, 6) is 0.526. The first-order chi connectivity index (χ1) is 10.3. The molecular formula is C14H9N5OS. The maximum Gasteiger partial charge on any atom is 0.275 e. The minimum atomic E-state index is -0.283. The van der Waals surface area contributed by atoms with Crippen molar-refractivity contribution >= 4 is 22.4 Å². The highest BCUT2D eigenvalue weighted by Crippen LogP contribution is 2.23. The molecular weight excluding hydrogens is 286 g/mol. The summed E-state index contributed by atoms with van der Waals surface area (Å²) >= 11 is 1.46. The molecule has 0 amide bonds. The second kappa shape index (κ2) is 4.64. The van der Waals surface area contributed by atoms with E-state index in [9.17, 15) is 4.79 Å². The molecule has 0 saturated heterocycles. The van der Waals surface area contributed by atoms with Gasteiger partial charge in [0.25, 0.3) is 5.56 Å². The van der Waals surface area contributed by atoms with Crippen LogP contribution >= 0.6 is 11.3 Å². The van der Waals surface area contributed by atoms with E-state index in [1.54, 1.807) is 12.3 Å². The van der Waals surface area contributed by atoms with E-state index in [1.807, 2.05) is 29.6 Å². The number of fused-ring (bicyclic) bond motifs is 1. The lowest BCUT2D eigenvalue weighted by molar-refractivity contribution is 0.991. The van der Waals surface area contributed by atoms with Gasteiger partial charge in [0.15, 0.2) is 0 Å². The van der Waals surface area contributed by atoms with Crippen LogP contribution in [0.1, 0.15) is 0 Å². The van der Waals surface area contributed by atoms with Gasteiger partial charge in [-0.2, -0.15) is 5.10 Å². The fourth-order valence-electron chi connectivity index (χ4n) is 2.12. The van der Waals surface area contributed by atoms with E-state index in [-0.39, 0.29) is 5.56 Å². The van der Waals surface area contributed by atoms with Crippen molar-refractivity contribution in [2.75, 3.05) is 0 Å². The molecule has 0 saturated carbocycles. The van der Waals surface area contributed by atoms with Crippen molar-refractivity contribution in [3.8, 4) is 22.1 Å². The molecule has 0 radical (unpaired) electrons. The SMILES string of the molecule is O=c1[nH]nc(-c2nccs2)cc1-c1nc2ccccc2[nH]1. The Morgan fingerprint density at radius 2 is 2.10 bits per heavy atom. The zero-order valence-electron chi connectivity index (χ0n) is 10.7. The third-order valence-electron chi connectivity index (χ3n) is 3.10. The summed E-state index contributed by atoms with van der Waals surface area (Å²) in [4.78, 5) is 23.8. The Morgan fingerprint density at radius 3 is 2.90 bits per heavy atom. The van der Waals surface area contributed by atoms with E-state index in [4.69, 9.17) is 0 Å². The first kappa shape index (κ1) is 12.0. The highest BCUT2D eigenvalue weighted by Gasteiger charge is 2.12. The van der Waals surface area contributed by atoms with Gasteiger partial charge in [-0.15, -0.1) is 11.3 Å². The van der Waals surface area contributed by atoms with Crippen LogP contribution in [0, 0.1) is 0 Å². The molecule has 3 heterocycles. The van der Waals surface area contributed by atoms with Gasteiger partial charge in [-0.05, 0) is 18.2 Å². The van der Waals surface area contributed by atoms with Crippen LogP contribution in [0.15, 0.2) is 46.7 Å². The third-order valence-corrected chi connectivity index (χ3v) is 3.90. The predicted octanol–water partition coefficient (Wildman–Crippen LogP) is 2.44. The summed E-state index contributed by atoms with van der Waals surface area (Å²) in [6.45, 7) is 0. The number of para-hydroxylation sites is 2. The zero-order valence-corrected chi connectivity index (χ0v) is 11.5. The number of H-pyrrole nitrogens is 2. The number of rotatable bonds is 2. The quantitative estimate of drug-likeness (QED) is 0.594. The number of aromatic amines is 2. The van der Waals surface area contributed by atoms with Gasteiger partial charge >= 0.3 is 0 Å². The summed E-state index contributed by atoms with van der Waals surface area (Å²) in [6, 6.07) is 9.34. The summed E-state index contributed by atoms with van der Waals surface area (Å²) in [6.07, 6.45) is 1.70. The largest absolute Gasteiger partial charge is 0.338 e. The lowest BCUT2D eigenvalue weighted by Crippen LogP contribution is -2.11. The van der Waals surface area contributed by atoms with Crippen LogP contribution in [-0.4, -0.2) is 25.1 Å². The monoisotopic (exact) mass is 295 g/mol. The highest BCUT2D eigenvalue weighted by molar-refractivity contribution is 7.13. The van der Waals surface area contributed by atoms with Crippen molar-refractivity contribution in [2.24, 2.45) is 0 Å². The summed E-state index contributed by atoms with van der Waals surface area (Å²) in [7, 11) is 0. The second-order valence-corrected chi connectivity index (χ2v) is 5.33. The lowest BCUT2D eigenvalue weighted by atomic mass is 10.2. The molecule has 102 valence electrons. The van der Waals surface area contributed by atoms with Gasteiger partial charge in [-0.1, -0.05) is 12.1 Å². The maximum atomic E-state index is 12.0. The molecule has 0 unspecified atom stereocenters. The zero-order chi connectivity index (χ0) is 14.2. The van der Waals surface area contributed by atoms with Gasteiger partial charge in [0.1, 0.15) is 16.5 Å². The highest BCUT2D eigenvalue weighted by atomic mass is 32.1. The predicted molar refractivity (Wildman–Crippen MR) is 81.1 cm³/mol. The average Bonchev–Trinajstić information content (AvgIpc) is 3.17. The Balaban J connectivity index is 1.91. The summed E-state index contributed by atoms with van der Waals surface area (Å²) in [5, 5.41) is 9.15. The molecule has 1 aromatic carbocycles. The van der Waals surface area contributed by atoms with Gasteiger partial charge in [0, 0.05) is 11.6 Å². The Labute approximate surface area is 122 Å². The molecule has 0 fully saturated rings. The number of aromatic nitrogens is 5. The molecule has 6 nitrogen and oxygen atoms in total. The molecule has 2 N–H and O–H groups in total. The van der Waals surface area contributed by atoms with Crippen LogP contribution in [0.3, 0.4) is 0 Å². The van der Waals surface area contributed by atoms with Gasteiger partial charge in [0.05, 0.1) is 16.6 Å². The van der Waals surface area contributed by atoms with E-state index < -0.39 is 0 Å². The van der Waals surface area contributed by atoms with Crippen molar-refractivity contribution in [2.45, 2.75) is 0 Å². The second-order valence-electron chi connectivity index (χ2n) is 4.44. The molecule has 0 atom stereocenters. The molecule has 7 heteroatoms. The van der Waals surface area contributed by atoms with Crippen molar-refractivity contribution < 1.29 is 0 Å². The standard InChI is InChI=1S/C14H9N5OS/c20-13-8(7-11(18-19-13)14-15-5-6-21-14)12-16-9-3-1-2-4-10(9)17-12/h1-7H,(H,16,17)(H,19,20). The van der Waals surface area contributed by atoms with Crippen LogP contribution < -0.4 is 5.56 Å². The summed E-state index contributed by atoms with van der Waals surface area (Å²) < 4.78 is 0. The van der Waals surface area contributed by atoms with E-state index in [1.165, 1.54) is 11.3 Å². The molecule has 4 rings (SSSR count). The summed E-state index contributed by atoms with van der Waals surface area (Å²) in [5.41, 5.74) is 2.50. The van der Waals surface area contributed by atoms with Crippen LogP contribution in [0.2, 0.25) is 0 Å². The molecule has 0 aliphatic carbocycles. The third kappa shape index (κ3) is 2.03. The Bertz CT molecular complexity index is 937. The van der Waals surface area contributed by atoms with Crippen molar-refractivity contribution in [3.05, 3.63) is 52.3 Å². The fraction of sp³-hybridized carbons (Fsp3) is 0. The van der Waals surface area contributed by atoms with E-state index in [0.717, 1.165) is 16.0 Å². The normalized spacial score (nSPS) is 11.0. The smallest absolute Gasteiger partial charge is 0.275 e. The number of imidazole rings is 1. The average molecular weight is 295 g/mol. The van der Waals surface area contributed by atoms with Gasteiger partial charge in [-0.3, -0.25) is 4.79 Å². The van der Waals surface area contributed by atoms with Crippen molar-refractivity contribution in [1.82, 2.24) is 25.1 Å². The van der Waals surface area contributed by atoms with E-state index in [0.29, 0.717) is 17.1 Å². The fourth-order valence-corrected chi connectivity index (χ4v) is 2.72. The molecule has 21 heavy (non-hydrogen) atoms. The number of benzene rings is 1. The van der Waals surface area contributed by atoms with Crippen LogP contribution in [-0.2, 0) is 0 Å². The number of hydrogen-bond donors (Lipinski definition) is 2. The first-order valence-electron chi connectivity index (χ1n) is 6.26. The van der Waals surface area contributed by atoms with E-state index >= 15 is 0 Å². The van der Waals surface area contributed by atoms with Gasteiger partial charge in [0.2, 0.25) is 0 Å². The van der Waals surface area contributed by atoms with Gasteiger partial charge in [-0.25, -0.2) is 15.1 Å². The maximum absolute atomic E-state index is 12.0. The van der Waals surface area contributed by atoms with Gasteiger partial charge < -0.3 is 4.98 Å². The number of thiazole rings is 1. The Morgan fingerprint density at radius 1 is 1.19 bits per heavy atom. The van der Waals surface area contributed by atoms with Crippen LogP contribution in [0.25, 0.3) is 33.1 Å². The molecule has 0 spiro atoms. The Kier molecular flexibility index (Phi) is 2.65. The minimum absolute atomic E-state index is 0.283. The Hall–Kier alpha value is -2.80. The number of nitrogens with zero attached hydrogens (tertiary/aromatic N) is 3. The molecule has 0 aliphatic heterocycles. The lowest BCUT2D eigenvalue weighted by Gasteiger charge is -1.98. The van der Waals surface area contributed by atoms with Crippen LogP contribution in [0.4, 0.5) is 0 Å². The number of nitrogens with one attached hydrogen (secondary N) is 2. The number of hydrogen-bond acceptors (Lipinski definition) is 5. The van der Waals surface area contributed by atoms with E-state index in [2.05, 4.69) is 25.1 Å².